The highest BCUT2D eigenvalue weighted by molar-refractivity contribution is 9.10. The number of amides is 2. The fourth-order valence-electron chi connectivity index (χ4n) is 2.56. The summed E-state index contributed by atoms with van der Waals surface area (Å²) < 4.78 is 16.3. The van der Waals surface area contributed by atoms with Crippen LogP contribution in [0.25, 0.3) is 11.0 Å². The van der Waals surface area contributed by atoms with E-state index < -0.39 is 24.4 Å². The van der Waals surface area contributed by atoms with Crippen molar-refractivity contribution in [1.29, 1.82) is 0 Å². The zero-order chi connectivity index (χ0) is 20.3. The van der Waals surface area contributed by atoms with Crippen molar-refractivity contribution in [2.45, 2.75) is 6.92 Å². The van der Waals surface area contributed by atoms with Gasteiger partial charge in [-0.15, -0.1) is 0 Å². The summed E-state index contributed by atoms with van der Waals surface area (Å²) in [6.07, 6.45) is 0. The van der Waals surface area contributed by atoms with Crippen LogP contribution in [0.1, 0.15) is 26.5 Å². The maximum atomic E-state index is 12.2. The molecule has 1 N–H and O–H groups in total. The zero-order valence-corrected chi connectivity index (χ0v) is 16.7. The number of carbonyl (C=O) groups excluding carboxylic acids is 3. The SMILES string of the molecule is COc1ccc(C(=O)NC(=O)COC(=O)c2oc3ccc(Br)cc3c2C)cc1. The monoisotopic (exact) mass is 445 g/mol. The van der Waals surface area contributed by atoms with E-state index in [0.29, 0.717) is 16.9 Å². The number of rotatable bonds is 5. The molecule has 0 bridgehead atoms. The van der Waals surface area contributed by atoms with E-state index in [1.54, 1.807) is 31.2 Å². The van der Waals surface area contributed by atoms with Crippen LogP contribution in [-0.2, 0) is 9.53 Å². The number of esters is 1. The standard InChI is InChI=1S/C20H16BrNO6/c1-11-15-9-13(21)5-8-16(15)28-18(11)20(25)27-10-17(23)22-19(24)12-3-6-14(26-2)7-4-12/h3-9H,10H2,1-2H3,(H,22,23,24). The first kappa shape index (κ1) is 19.6. The summed E-state index contributed by atoms with van der Waals surface area (Å²) in [6.45, 7) is 1.11. The zero-order valence-electron chi connectivity index (χ0n) is 15.1. The molecule has 28 heavy (non-hydrogen) atoms. The van der Waals surface area contributed by atoms with E-state index in [-0.39, 0.29) is 11.3 Å². The highest BCUT2D eigenvalue weighted by Gasteiger charge is 2.21. The number of benzene rings is 2. The average Bonchev–Trinajstić information content (AvgIpc) is 3.02. The lowest BCUT2D eigenvalue weighted by Gasteiger charge is -2.06. The van der Waals surface area contributed by atoms with E-state index in [1.165, 1.54) is 19.2 Å². The van der Waals surface area contributed by atoms with E-state index in [4.69, 9.17) is 13.9 Å². The van der Waals surface area contributed by atoms with Gasteiger partial charge >= 0.3 is 5.97 Å². The minimum Gasteiger partial charge on any atom is -0.497 e. The van der Waals surface area contributed by atoms with Gasteiger partial charge in [0.05, 0.1) is 7.11 Å². The summed E-state index contributed by atoms with van der Waals surface area (Å²) in [6, 6.07) is 11.6. The van der Waals surface area contributed by atoms with Crippen LogP contribution in [-0.4, -0.2) is 31.5 Å². The predicted octanol–water partition coefficient (Wildman–Crippen LogP) is 3.63. The van der Waals surface area contributed by atoms with Crippen molar-refractivity contribution in [1.82, 2.24) is 5.32 Å². The van der Waals surface area contributed by atoms with Crippen LogP contribution in [0.15, 0.2) is 51.4 Å². The Morgan fingerprint density at radius 3 is 2.50 bits per heavy atom. The normalized spacial score (nSPS) is 10.5. The molecular formula is C20H16BrNO6. The minimum atomic E-state index is -0.781. The second-order valence-electron chi connectivity index (χ2n) is 5.88. The van der Waals surface area contributed by atoms with Crippen LogP contribution in [0.3, 0.4) is 0 Å². The molecule has 3 aromatic rings. The maximum absolute atomic E-state index is 12.2. The third-order valence-electron chi connectivity index (χ3n) is 4.02. The first-order valence-corrected chi connectivity index (χ1v) is 9.02. The molecule has 7 nitrogen and oxygen atoms in total. The van der Waals surface area contributed by atoms with Gasteiger partial charge in [0.15, 0.2) is 6.61 Å². The molecule has 1 heterocycles. The second-order valence-corrected chi connectivity index (χ2v) is 6.79. The molecule has 0 radical (unpaired) electrons. The quantitative estimate of drug-likeness (QED) is 0.602. The molecule has 0 atom stereocenters. The molecule has 0 spiro atoms. The molecule has 0 aliphatic rings. The summed E-state index contributed by atoms with van der Waals surface area (Å²) in [5.74, 6) is -1.52. The van der Waals surface area contributed by atoms with Gasteiger partial charge in [-0.25, -0.2) is 4.79 Å². The lowest BCUT2D eigenvalue weighted by atomic mass is 10.1. The van der Waals surface area contributed by atoms with Gasteiger partial charge in [-0.3, -0.25) is 14.9 Å². The molecule has 0 saturated carbocycles. The number of aryl methyl sites for hydroxylation is 1. The smallest absolute Gasteiger partial charge is 0.375 e. The fraction of sp³-hybridized carbons (Fsp3) is 0.150. The van der Waals surface area contributed by atoms with Crippen molar-refractivity contribution < 1.29 is 28.3 Å². The van der Waals surface area contributed by atoms with Crippen LogP contribution >= 0.6 is 15.9 Å². The number of fused-ring (bicyclic) bond motifs is 1. The molecule has 2 aromatic carbocycles. The number of furan rings is 1. The number of hydrogen-bond donors (Lipinski definition) is 1. The molecule has 2 amide bonds. The van der Waals surface area contributed by atoms with Gasteiger partial charge in [0.1, 0.15) is 11.3 Å². The first-order valence-electron chi connectivity index (χ1n) is 8.23. The van der Waals surface area contributed by atoms with Gasteiger partial charge in [-0.1, -0.05) is 15.9 Å². The Morgan fingerprint density at radius 2 is 1.82 bits per heavy atom. The van der Waals surface area contributed by atoms with Crippen LogP contribution in [0.2, 0.25) is 0 Å². The molecule has 0 unspecified atom stereocenters. The number of halogens is 1. The molecule has 0 saturated heterocycles. The van der Waals surface area contributed by atoms with Crippen molar-refractivity contribution in [3.63, 3.8) is 0 Å². The topological polar surface area (TPSA) is 94.8 Å². The molecule has 0 aliphatic heterocycles. The van der Waals surface area contributed by atoms with E-state index in [0.717, 1.165) is 9.86 Å². The molecule has 3 rings (SSSR count). The fourth-order valence-corrected chi connectivity index (χ4v) is 2.92. The van der Waals surface area contributed by atoms with Crippen LogP contribution in [0.4, 0.5) is 0 Å². The molecular weight excluding hydrogens is 430 g/mol. The molecule has 8 heteroatoms. The van der Waals surface area contributed by atoms with Crippen molar-refractivity contribution in [3.8, 4) is 5.75 Å². The van der Waals surface area contributed by atoms with Gasteiger partial charge in [0.25, 0.3) is 11.8 Å². The average molecular weight is 446 g/mol. The largest absolute Gasteiger partial charge is 0.497 e. The Kier molecular flexibility index (Phi) is 5.79. The van der Waals surface area contributed by atoms with E-state index in [1.807, 2.05) is 6.07 Å². The van der Waals surface area contributed by atoms with E-state index in [9.17, 15) is 14.4 Å². The van der Waals surface area contributed by atoms with Gasteiger partial charge in [0.2, 0.25) is 5.76 Å². The summed E-state index contributed by atoms with van der Waals surface area (Å²) >= 11 is 3.36. The van der Waals surface area contributed by atoms with Gasteiger partial charge in [0, 0.05) is 21.0 Å². The molecule has 0 aliphatic carbocycles. The number of nitrogens with one attached hydrogen (secondary N) is 1. The van der Waals surface area contributed by atoms with Gasteiger partial charge in [-0.2, -0.15) is 0 Å². The van der Waals surface area contributed by atoms with Crippen LogP contribution in [0.5, 0.6) is 5.75 Å². The van der Waals surface area contributed by atoms with Gasteiger partial charge in [-0.05, 0) is 49.4 Å². The second kappa shape index (κ2) is 8.26. The van der Waals surface area contributed by atoms with E-state index >= 15 is 0 Å². The maximum Gasteiger partial charge on any atom is 0.375 e. The van der Waals surface area contributed by atoms with Crippen molar-refractivity contribution >= 4 is 44.7 Å². The minimum absolute atomic E-state index is 0.0161. The summed E-state index contributed by atoms with van der Waals surface area (Å²) in [5, 5.41) is 2.92. The van der Waals surface area contributed by atoms with Crippen LogP contribution in [0, 0.1) is 6.92 Å². The van der Waals surface area contributed by atoms with Crippen LogP contribution < -0.4 is 10.1 Å². The number of ether oxygens (including phenoxy) is 2. The van der Waals surface area contributed by atoms with Crippen molar-refractivity contribution in [3.05, 3.63) is 63.8 Å². The number of carbonyl (C=O) groups is 3. The lowest BCUT2D eigenvalue weighted by Crippen LogP contribution is -2.34. The molecule has 144 valence electrons. The first-order chi connectivity index (χ1) is 13.4. The third kappa shape index (κ3) is 4.23. The Labute approximate surface area is 168 Å². The summed E-state index contributed by atoms with van der Waals surface area (Å²) in [4.78, 5) is 36.2. The van der Waals surface area contributed by atoms with E-state index in [2.05, 4.69) is 21.2 Å². The molecule has 1 aromatic heterocycles. The predicted molar refractivity (Wildman–Crippen MR) is 104 cm³/mol. The Balaban J connectivity index is 1.60. The number of methoxy groups -OCH3 is 1. The highest BCUT2D eigenvalue weighted by Crippen LogP contribution is 2.28. The third-order valence-corrected chi connectivity index (χ3v) is 4.52. The summed E-state index contributed by atoms with van der Waals surface area (Å²) in [5.41, 5.74) is 1.42. The number of hydrogen-bond acceptors (Lipinski definition) is 6. The molecule has 0 fully saturated rings. The van der Waals surface area contributed by atoms with Gasteiger partial charge < -0.3 is 13.9 Å². The summed E-state index contributed by atoms with van der Waals surface area (Å²) in [7, 11) is 1.51. The Hall–Kier alpha value is -3.13. The lowest BCUT2D eigenvalue weighted by molar-refractivity contribution is -0.123. The Morgan fingerprint density at radius 1 is 1.11 bits per heavy atom. The highest BCUT2D eigenvalue weighted by atomic mass is 79.9. The van der Waals surface area contributed by atoms with Crippen molar-refractivity contribution in [2.75, 3.05) is 13.7 Å². The number of imide groups is 1. The van der Waals surface area contributed by atoms with Crippen molar-refractivity contribution in [2.24, 2.45) is 0 Å². The Bertz CT molecular complexity index is 1050.